The molecule has 0 radical (unpaired) electrons. The number of carbonyl (C=O) groups is 1. The Bertz CT molecular complexity index is 772. The second-order valence-corrected chi connectivity index (χ2v) is 7.51. The van der Waals surface area contributed by atoms with E-state index in [1.807, 2.05) is 32.9 Å². The number of benzene rings is 1. The van der Waals surface area contributed by atoms with Crippen LogP contribution in [0.5, 0.6) is 5.75 Å². The molecular formula is C20H25N3O3. The molecule has 0 saturated heterocycles. The van der Waals surface area contributed by atoms with Crippen molar-refractivity contribution in [2.24, 2.45) is 0 Å². The van der Waals surface area contributed by atoms with Gasteiger partial charge in [0.2, 0.25) is 0 Å². The molecule has 0 fully saturated rings. The van der Waals surface area contributed by atoms with Crippen molar-refractivity contribution in [2.45, 2.75) is 38.7 Å². The molecule has 1 atom stereocenters. The first kappa shape index (κ1) is 18.2. The van der Waals surface area contributed by atoms with Crippen molar-refractivity contribution in [2.75, 3.05) is 20.2 Å². The minimum absolute atomic E-state index is 0.188. The van der Waals surface area contributed by atoms with Crippen molar-refractivity contribution >= 4 is 6.09 Å². The van der Waals surface area contributed by atoms with Gasteiger partial charge in [-0.05, 0) is 38.8 Å². The lowest BCUT2D eigenvalue weighted by Crippen LogP contribution is -2.37. The summed E-state index contributed by atoms with van der Waals surface area (Å²) in [6.07, 6.45) is 5.60. The number of nitrogens with zero attached hydrogens (tertiary/aromatic N) is 3. The fourth-order valence-electron chi connectivity index (χ4n) is 3.07. The third-order valence-corrected chi connectivity index (χ3v) is 4.24. The van der Waals surface area contributed by atoms with Crippen LogP contribution in [0, 0.1) is 0 Å². The Kier molecular flexibility index (Phi) is 5.11. The standard InChI is InChI=1S/C20H25N3O3/c1-20(2,3)26-19(24)23(4)13-14-8-11-25-18-15(14)6-5-7-16(18)17-12-21-9-10-22-17/h5-7,9-10,12,14H,8,11,13H2,1-4H3. The van der Waals surface area contributed by atoms with Gasteiger partial charge in [0.1, 0.15) is 11.4 Å². The predicted molar refractivity (Wildman–Crippen MR) is 99.2 cm³/mol. The van der Waals surface area contributed by atoms with Crippen LogP contribution in [-0.2, 0) is 4.74 Å². The number of aromatic nitrogens is 2. The van der Waals surface area contributed by atoms with Crippen molar-refractivity contribution in [1.82, 2.24) is 14.9 Å². The lowest BCUT2D eigenvalue weighted by Gasteiger charge is -2.31. The van der Waals surface area contributed by atoms with Gasteiger partial charge >= 0.3 is 6.09 Å². The molecule has 0 spiro atoms. The summed E-state index contributed by atoms with van der Waals surface area (Å²) in [6, 6.07) is 6.04. The number of para-hydroxylation sites is 1. The predicted octanol–water partition coefficient (Wildman–Crippen LogP) is 3.88. The molecule has 2 heterocycles. The molecule has 1 unspecified atom stereocenters. The average molecular weight is 355 g/mol. The van der Waals surface area contributed by atoms with Crippen molar-refractivity contribution in [3.8, 4) is 17.0 Å². The number of likely N-dealkylation sites (N-methyl/N-ethyl adjacent to an activating group) is 1. The van der Waals surface area contributed by atoms with E-state index in [9.17, 15) is 4.79 Å². The first-order valence-corrected chi connectivity index (χ1v) is 8.81. The first-order valence-electron chi connectivity index (χ1n) is 8.81. The molecule has 0 aliphatic carbocycles. The SMILES string of the molecule is CN(CC1CCOc2c(-c3cnccn3)cccc21)C(=O)OC(C)(C)C. The molecule has 0 N–H and O–H groups in total. The Labute approximate surface area is 154 Å². The fraction of sp³-hybridized carbons (Fsp3) is 0.450. The summed E-state index contributed by atoms with van der Waals surface area (Å²) < 4.78 is 11.4. The maximum absolute atomic E-state index is 12.3. The molecule has 0 bridgehead atoms. The zero-order valence-corrected chi connectivity index (χ0v) is 15.7. The van der Waals surface area contributed by atoms with E-state index in [4.69, 9.17) is 9.47 Å². The molecule has 6 heteroatoms. The van der Waals surface area contributed by atoms with E-state index < -0.39 is 5.60 Å². The highest BCUT2D eigenvalue weighted by Crippen LogP contribution is 2.40. The zero-order valence-electron chi connectivity index (χ0n) is 15.7. The van der Waals surface area contributed by atoms with E-state index in [1.54, 1.807) is 30.5 Å². The molecule has 26 heavy (non-hydrogen) atoms. The quantitative estimate of drug-likeness (QED) is 0.836. The minimum Gasteiger partial charge on any atom is -0.493 e. The van der Waals surface area contributed by atoms with Crippen LogP contribution in [0.25, 0.3) is 11.3 Å². The molecular weight excluding hydrogens is 330 g/mol. The molecule has 1 amide bonds. The van der Waals surface area contributed by atoms with Gasteiger partial charge in [-0.2, -0.15) is 0 Å². The molecule has 1 aromatic carbocycles. The fourth-order valence-corrected chi connectivity index (χ4v) is 3.07. The summed E-state index contributed by atoms with van der Waals surface area (Å²) in [5.74, 6) is 1.02. The Balaban J connectivity index is 1.83. The van der Waals surface area contributed by atoms with Crippen LogP contribution in [0.1, 0.15) is 38.7 Å². The van der Waals surface area contributed by atoms with Crippen LogP contribution in [0.15, 0.2) is 36.8 Å². The summed E-state index contributed by atoms with van der Waals surface area (Å²) in [7, 11) is 1.77. The van der Waals surface area contributed by atoms with E-state index in [-0.39, 0.29) is 12.0 Å². The summed E-state index contributed by atoms with van der Waals surface area (Å²) in [4.78, 5) is 22.5. The lowest BCUT2D eigenvalue weighted by atomic mass is 9.90. The Morgan fingerprint density at radius 3 is 2.85 bits per heavy atom. The molecule has 0 saturated carbocycles. The number of rotatable bonds is 3. The summed E-state index contributed by atoms with van der Waals surface area (Å²) in [5.41, 5.74) is 2.30. The molecule has 1 aliphatic heterocycles. The third-order valence-electron chi connectivity index (χ3n) is 4.24. The van der Waals surface area contributed by atoms with Crippen LogP contribution < -0.4 is 4.74 Å². The van der Waals surface area contributed by atoms with Gasteiger partial charge in [-0.1, -0.05) is 12.1 Å². The van der Waals surface area contributed by atoms with Gasteiger partial charge in [0, 0.05) is 37.5 Å². The second-order valence-electron chi connectivity index (χ2n) is 7.51. The van der Waals surface area contributed by atoms with Crippen LogP contribution in [0.3, 0.4) is 0 Å². The van der Waals surface area contributed by atoms with Gasteiger partial charge in [0.25, 0.3) is 0 Å². The maximum atomic E-state index is 12.3. The maximum Gasteiger partial charge on any atom is 0.410 e. The number of fused-ring (bicyclic) bond motifs is 1. The average Bonchev–Trinajstić information content (AvgIpc) is 2.61. The van der Waals surface area contributed by atoms with Crippen molar-refractivity contribution in [3.63, 3.8) is 0 Å². The Morgan fingerprint density at radius 1 is 1.35 bits per heavy atom. The van der Waals surface area contributed by atoms with E-state index in [0.29, 0.717) is 13.2 Å². The lowest BCUT2D eigenvalue weighted by molar-refractivity contribution is 0.0281. The van der Waals surface area contributed by atoms with Crippen LogP contribution in [0.2, 0.25) is 0 Å². The zero-order chi connectivity index (χ0) is 18.7. The van der Waals surface area contributed by atoms with Crippen molar-refractivity contribution < 1.29 is 14.3 Å². The molecule has 1 aliphatic rings. The number of carbonyl (C=O) groups excluding carboxylic acids is 1. The number of hydrogen-bond acceptors (Lipinski definition) is 5. The Morgan fingerprint density at radius 2 is 2.15 bits per heavy atom. The third kappa shape index (κ3) is 4.12. The molecule has 2 aromatic rings. The van der Waals surface area contributed by atoms with Gasteiger partial charge in [0.05, 0.1) is 18.5 Å². The van der Waals surface area contributed by atoms with Gasteiger partial charge < -0.3 is 14.4 Å². The first-order chi connectivity index (χ1) is 12.3. The van der Waals surface area contributed by atoms with Gasteiger partial charge in [-0.25, -0.2) is 4.79 Å². The van der Waals surface area contributed by atoms with Gasteiger partial charge in [0.15, 0.2) is 0 Å². The summed E-state index contributed by atoms with van der Waals surface area (Å²) >= 11 is 0. The van der Waals surface area contributed by atoms with Crippen molar-refractivity contribution in [1.29, 1.82) is 0 Å². The summed E-state index contributed by atoms with van der Waals surface area (Å²) in [5, 5.41) is 0. The largest absolute Gasteiger partial charge is 0.493 e. The number of ether oxygens (including phenoxy) is 2. The van der Waals surface area contributed by atoms with E-state index >= 15 is 0 Å². The highest BCUT2D eigenvalue weighted by atomic mass is 16.6. The van der Waals surface area contributed by atoms with E-state index in [0.717, 1.165) is 29.0 Å². The number of amides is 1. The van der Waals surface area contributed by atoms with Crippen LogP contribution in [0.4, 0.5) is 4.79 Å². The van der Waals surface area contributed by atoms with E-state index in [2.05, 4.69) is 16.0 Å². The van der Waals surface area contributed by atoms with Crippen LogP contribution in [-0.4, -0.2) is 46.8 Å². The monoisotopic (exact) mass is 355 g/mol. The van der Waals surface area contributed by atoms with Gasteiger partial charge in [-0.3, -0.25) is 9.97 Å². The van der Waals surface area contributed by atoms with E-state index in [1.165, 1.54) is 0 Å². The molecule has 3 rings (SSSR count). The normalized spacial score (nSPS) is 16.4. The van der Waals surface area contributed by atoms with Crippen molar-refractivity contribution in [3.05, 3.63) is 42.4 Å². The molecule has 6 nitrogen and oxygen atoms in total. The Hall–Kier alpha value is -2.63. The minimum atomic E-state index is -0.502. The highest BCUT2D eigenvalue weighted by molar-refractivity contribution is 5.70. The van der Waals surface area contributed by atoms with Crippen LogP contribution >= 0.6 is 0 Å². The summed E-state index contributed by atoms with van der Waals surface area (Å²) in [6.45, 7) is 6.80. The molecule has 138 valence electrons. The number of hydrogen-bond donors (Lipinski definition) is 0. The second kappa shape index (κ2) is 7.32. The molecule has 1 aromatic heterocycles. The smallest absolute Gasteiger partial charge is 0.410 e. The van der Waals surface area contributed by atoms with Gasteiger partial charge in [-0.15, -0.1) is 0 Å². The topological polar surface area (TPSA) is 64.5 Å². The highest BCUT2D eigenvalue weighted by Gasteiger charge is 2.28.